The van der Waals surface area contributed by atoms with Crippen molar-refractivity contribution in [2.24, 2.45) is 0 Å². The first-order chi connectivity index (χ1) is 44.4. The summed E-state index contributed by atoms with van der Waals surface area (Å²) < 4.78 is 13.6. The van der Waals surface area contributed by atoms with E-state index in [0.717, 1.165) is 99.0 Å². The molecule has 10 aromatic carbocycles. The van der Waals surface area contributed by atoms with Gasteiger partial charge in [0.25, 0.3) is 0 Å². The van der Waals surface area contributed by atoms with E-state index in [-0.39, 0.29) is 22.4 Å². The van der Waals surface area contributed by atoms with Crippen molar-refractivity contribution in [1.29, 1.82) is 0 Å². The van der Waals surface area contributed by atoms with E-state index in [1.54, 1.807) is 0 Å². The second-order valence-corrected chi connectivity index (χ2v) is 26.2. The first kappa shape index (κ1) is 60.9. The van der Waals surface area contributed by atoms with Crippen molar-refractivity contribution in [1.82, 2.24) is 29.9 Å². The maximum atomic E-state index is 13.7. The molecule has 0 atom stereocenters. The standard InChI is InChI=1S/C37H27N3O.C27H26BN3O2.C16H13BrO/c1-37(2)31-20-12-11-19-29(31)33(41)30-23-26(21-22-32(30)37)27-17-9-10-18-28(27)36-39-34(24-13-5-3-6-14-24)38-35(40-36)25-15-7-4-8-16-25;1-26(2)27(3,4)33-28(32-26)22-18-12-11-17-21(22)25-30-23(19-13-7-5-8-14-19)29-24(31-25)20-15-9-6-10-16-20;1-16(2)13-6-4-3-5-11(13)15(18)12-9-10(17)7-8-14(12)16/h3-23H,1-2H3;5-18H,1-4H3;3-9H,1-2H3. The van der Waals surface area contributed by atoms with E-state index in [2.05, 4.69) is 102 Å². The number of ketones is 2. The van der Waals surface area contributed by atoms with Crippen molar-refractivity contribution < 1.29 is 18.9 Å². The zero-order valence-corrected chi connectivity index (χ0v) is 54.1. The molecule has 0 N–H and O–H groups in total. The summed E-state index contributed by atoms with van der Waals surface area (Å²) in [4.78, 5) is 55.5. The van der Waals surface area contributed by atoms with Gasteiger partial charge in [-0.1, -0.05) is 280 Å². The molecule has 12 heteroatoms. The summed E-state index contributed by atoms with van der Waals surface area (Å²) in [6.45, 7) is 16.9. The molecule has 0 saturated carbocycles. The van der Waals surface area contributed by atoms with Gasteiger partial charge in [0, 0.05) is 70.9 Å². The summed E-state index contributed by atoms with van der Waals surface area (Å²) in [5.74, 6) is 3.85. The highest BCUT2D eigenvalue weighted by atomic mass is 79.9. The zero-order valence-electron chi connectivity index (χ0n) is 52.5. The molecule has 0 amide bonds. The first-order valence-electron chi connectivity index (χ1n) is 30.9. The number of carbonyl (C=O) groups is 2. The Balaban J connectivity index is 0.000000135. The normalized spacial score (nSPS) is 15.1. The maximum Gasteiger partial charge on any atom is 0.495 e. The Bertz CT molecular complexity index is 4640. The van der Waals surface area contributed by atoms with E-state index >= 15 is 0 Å². The second kappa shape index (κ2) is 24.7. The number of hydrogen-bond acceptors (Lipinski definition) is 10. The van der Waals surface area contributed by atoms with Gasteiger partial charge in [0.2, 0.25) is 0 Å². The summed E-state index contributed by atoms with van der Waals surface area (Å²) in [7, 11) is -0.511. The molecule has 3 heterocycles. The number of carbonyl (C=O) groups excluding carboxylic acids is 2. The summed E-state index contributed by atoms with van der Waals surface area (Å²) in [5.41, 5.74) is 14.5. The second-order valence-electron chi connectivity index (χ2n) is 25.2. The third-order valence-electron chi connectivity index (χ3n) is 18.1. The molecule has 15 rings (SSSR count). The Kier molecular flexibility index (Phi) is 16.3. The number of rotatable bonds is 8. The molecule has 1 fully saturated rings. The Morgan fingerprint density at radius 1 is 0.293 bits per heavy atom. The van der Waals surface area contributed by atoms with Gasteiger partial charge in [-0.25, -0.2) is 29.9 Å². The van der Waals surface area contributed by atoms with Gasteiger partial charge in [-0.2, -0.15) is 0 Å². The highest BCUT2D eigenvalue weighted by Crippen LogP contribution is 2.45. The molecule has 0 radical (unpaired) electrons. The smallest absolute Gasteiger partial charge is 0.399 e. The Hall–Kier alpha value is -9.98. The van der Waals surface area contributed by atoms with E-state index < -0.39 is 18.3 Å². The van der Waals surface area contributed by atoms with Crippen LogP contribution in [0.2, 0.25) is 0 Å². The molecule has 0 bridgehead atoms. The quantitative estimate of drug-likeness (QED) is 0.136. The zero-order chi connectivity index (χ0) is 63.9. The van der Waals surface area contributed by atoms with Crippen LogP contribution in [0.5, 0.6) is 0 Å². The third-order valence-corrected chi connectivity index (χ3v) is 18.6. The van der Waals surface area contributed by atoms with Crippen molar-refractivity contribution in [2.75, 3.05) is 0 Å². The molecule has 2 aromatic heterocycles. The number of nitrogens with zero attached hydrogens (tertiary/aromatic N) is 6. The van der Waals surface area contributed by atoms with Crippen molar-refractivity contribution >= 4 is 40.1 Å². The molecule has 3 aliphatic rings. The molecule has 0 spiro atoms. The largest absolute Gasteiger partial charge is 0.495 e. The summed E-state index contributed by atoms with van der Waals surface area (Å²) in [6.07, 6.45) is 0. The lowest BCUT2D eigenvalue weighted by atomic mass is 9.68. The average Bonchev–Trinajstić information content (AvgIpc) is 0.925. The first-order valence-corrected chi connectivity index (χ1v) is 31.7. The van der Waals surface area contributed by atoms with E-state index in [9.17, 15) is 9.59 Å². The molecule has 10 nitrogen and oxygen atoms in total. The molecular weight excluding hydrogens is 1200 g/mol. The molecule has 92 heavy (non-hydrogen) atoms. The van der Waals surface area contributed by atoms with Gasteiger partial charge in [-0.3, -0.25) is 9.59 Å². The highest BCUT2D eigenvalue weighted by molar-refractivity contribution is 9.10. The topological polar surface area (TPSA) is 130 Å². The lowest BCUT2D eigenvalue weighted by molar-refractivity contribution is 0.00578. The predicted molar refractivity (Wildman–Crippen MR) is 372 cm³/mol. The van der Waals surface area contributed by atoms with Crippen LogP contribution in [0.15, 0.2) is 259 Å². The number of aromatic nitrogens is 6. The summed E-state index contributed by atoms with van der Waals surface area (Å²) in [5, 5.41) is 0. The molecule has 12 aromatic rings. The van der Waals surface area contributed by atoms with E-state index in [4.69, 9.17) is 39.2 Å². The van der Waals surface area contributed by atoms with Gasteiger partial charge < -0.3 is 9.31 Å². The van der Waals surface area contributed by atoms with Crippen LogP contribution in [0.3, 0.4) is 0 Å². The molecule has 2 aliphatic carbocycles. The maximum absolute atomic E-state index is 13.7. The van der Waals surface area contributed by atoms with E-state index in [1.165, 1.54) is 0 Å². The number of fused-ring (bicyclic) bond motifs is 4. The average molecular weight is 1270 g/mol. The summed E-state index contributed by atoms with van der Waals surface area (Å²) in [6, 6.07) is 84.1. The lowest BCUT2D eigenvalue weighted by Crippen LogP contribution is -2.41. The minimum atomic E-state index is -0.511. The fourth-order valence-corrected chi connectivity index (χ4v) is 12.8. The molecule has 450 valence electrons. The van der Waals surface area contributed by atoms with Gasteiger partial charge in [-0.05, 0) is 84.7 Å². The molecule has 0 unspecified atom stereocenters. The third kappa shape index (κ3) is 11.7. The van der Waals surface area contributed by atoms with Crippen molar-refractivity contribution in [2.45, 2.75) is 77.4 Å². The van der Waals surface area contributed by atoms with Crippen LogP contribution in [0.1, 0.15) is 109 Å². The van der Waals surface area contributed by atoms with Gasteiger partial charge >= 0.3 is 7.12 Å². The lowest BCUT2D eigenvalue weighted by Gasteiger charge is -2.34. The Morgan fingerprint density at radius 3 is 1.04 bits per heavy atom. The molecule has 1 saturated heterocycles. The van der Waals surface area contributed by atoms with Gasteiger partial charge in [0.1, 0.15) is 0 Å². The van der Waals surface area contributed by atoms with Gasteiger partial charge in [-0.15, -0.1) is 0 Å². The van der Waals surface area contributed by atoms with Crippen LogP contribution < -0.4 is 5.46 Å². The van der Waals surface area contributed by atoms with Crippen molar-refractivity contribution in [3.8, 4) is 79.5 Å². The van der Waals surface area contributed by atoms with Crippen LogP contribution in [0.4, 0.5) is 0 Å². The highest BCUT2D eigenvalue weighted by Gasteiger charge is 2.52. The van der Waals surface area contributed by atoms with E-state index in [1.807, 2.05) is 224 Å². The van der Waals surface area contributed by atoms with Crippen LogP contribution in [0.25, 0.3) is 79.5 Å². The van der Waals surface area contributed by atoms with Crippen LogP contribution >= 0.6 is 15.9 Å². The Labute approximate surface area is 546 Å². The minimum Gasteiger partial charge on any atom is -0.399 e. The van der Waals surface area contributed by atoms with Gasteiger partial charge in [0.15, 0.2) is 46.5 Å². The number of halogens is 1. The SMILES string of the molecule is CC1(C)OB(c2ccccc2-c2nc(-c3ccccc3)nc(-c3ccccc3)n2)OC1(C)C.CC1(C)c2ccccc2C(=O)c2cc(-c3ccccc3-c3nc(-c4ccccc4)nc(-c4ccccc4)n3)ccc21.CC1(C)c2ccccc2C(=O)c2cc(Br)ccc21. The van der Waals surface area contributed by atoms with Crippen molar-refractivity contribution in [3.63, 3.8) is 0 Å². The molecule has 1 aliphatic heterocycles. The fraction of sp³-hybridized carbons (Fsp3) is 0.150. The predicted octanol–water partition coefficient (Wildman–Crippen LogP) is 17.9. The van der Waals surface area contributed by atoms with Gasteiger partial charge in [0.05, 0.1) is 11.2 Å². The molecular formula is C80H66BBrN6O4. The monoisotopic (exact) mass is 1260 g/mol. The number of hydrogen-bond donors (Lipinski definition) is 0. The minimum absolute atomic E-state index is 0.0622. The van der Waals surface area contributed by atoms with E-state index in [0.29, 0.717) is 34.9 Å². The van der Waals surface area contributed by atoms with Crippen LogP contribution in [-0.2, 0) is 20.1 Å². The summed E-state index contributed by atoms with van der Waals surface area (Å²) >= 11 is 3.44. The Morgan fingerprint density at radius 2 is 0.609 bits per heavy atom. The van der Waals surface area contributed by atoms with Crippen LogP contribution in [-0.4, -0.2) is 59.8 Å². The van der Waals surface area contributed by atoms with Crippen molar-refractivity contribution in [3.05, 3.63) is 304 Å². The fourth-order valence-electron chi connectivity index (χ4n) is 12.4. The number of benzene rings is 10. The van der Waals surface area contributed by atoms with Crippen LogP contribution in [0, 0.1) is 0 Å².